The molecule has 0 saturated heterocycles. The zero-order valence-corrected chi connectivity index (χ0v) is 11.7. The van der Waals surface area contributed by atoms with E-state index in [-0.39, 0.29) is 11.9 Å². The second-order valence-corrected chi connectivity index (χ2v) is 5.55. The molecule has 2 aromatic rings. The molecule has 0 bridgehead atoms. The molecule has 2 aromatic carbocycles. The molecule has 0 heterocycles. The summed E-state index contributed by atoms with van der Waals surface area (Å²) in [4.78, 5) is 1.43. The van der Waals surface area contributed by atoms with Gasteiger partial charge in [0.2, 0.25) is 0 Å². The number of hydrogen-bond donors (Lipinski definition) is 1. The molecular weight excluding hydrogens is 261 g/mol. The summed E-state index contributed by atoms with van der Waals surface area (Å²) in [5.74, 6) is 0.468. The Morgan fingerprint density at radius 3 is 2.58 bits per heavy atom. The van der Waals surface area contributed by atoms with E-state index in [9.17, 15) is 4.39 Å². The van der Waals surface area contributed by atoms with E-state index < -0.39 is 0 Å². The first-order valence-corrected chi connectivity index (χ1v) is 6.86. The highest BCUT2D eigenvalue weighted by Crippen LogP contribution is 2.33. The summed E-state index contributed by atoms with van der Waals surface area (Å²) >= 11 is 1.33. The second-order valence-electron chi connectivity index (χ2n) is 4.44. The van der Waals surface area contributed by atoms with Crippen molar-refractivity contribution in [3.63, 3.8) is 0 Å². The predicted octanol–water partition coefficient (Wildman–Crippen LogP) is 4.35. The van der Waals surface area contributed by atoms with Crippen molar-refractivity contribution in [2.24, 2.45) is 0 Å². The number of anilines is 1. The third-order valence-corrected chi connectivity index (χ3v) is 3.36. The summed E-state index contributed by atoms with van der Waals surface area (Å²) in [5, 5.41) is 0. The standard InChI is InChI=1S/C15H16FNOS/c1-10(2)18-12-7-11(17)8-13(9-12)19-15-6-4-3-5-14(15)16/h3-10H,17H2,1-2H3. The van der Waals surface area contributed by atoms with Gasteiger partial charge in [0.15, 0.2) is 0 Å². The van der Waals surface area contributed by atoms with Gasteiger partial charge < -0.3 is 10.5 Å². The van der Waals surface area contributed by atoms with Crippen molar-refractivity contribution < 1.29 is 9.13 Å². The third kappa shape index (κ3) is 3.89. The van der Waals surface area contributed by atoms with E-state index in [1.807, 2.05) is 32.0 Å². The molecule has 0 aliphatic rings. The number of nitrogens with two attached hydrogens (primary N) is 1. The Labute approximate surface area is 116 Å². The zero-order chi connectivity index (χ0) is 13.8. The van der Waals surface area contributed by atoms with Crippen molar-refractivity contribution in [3.8, 4) is 5.75 Å². The Morgan fingerprint density at radius 1 is 1.16 bits per heavy atom. The SMILES string of the molecule is CC(C)Oc1cc(N)cc(Sc2ccccc2F)c1. The first-order valence-electron chi connectivity index (χ1n) is 6.04. The Bertz CT molecular complexity index is 572. The smallest absolute Gasteiger partial charge is 0.137 e. The minimum atomic E-state index is -0.235. The van der Waals surface area contributed by atoms with Crippen LogP contribution in [0.1, 0.15) is 13.8 Å². The molecule has 0 amide bonds. The summed E-state index contributed by atoms with van der Waals surface area (Å²) in [5.41, 5.74) is 6.45. The molecule has 4 heteroatoms. The summed E-state index contributed by atoms with van der Waals surface area (Å²) in [7, 11) is 0. The van der Waals surface area contributed by atoms with Gasteiger partial charge in [-0.3, -0.25) is 0 Å². The topological polar surface area (TPSA) is 35.2 Å². The lowest BCUT2D eigenvalue weighted by Gasteiger charge is -2.12. The lowest BCUT2D eigenvalue weighted by Crippen LogP contribution is -2.05. The lowest BCUT2D eigenvalue weighted by molar-refractivity contribution is 0.242. The first-order chi connectivity index (χ1) is 9.04. The van der Waals surface area contributed by atoms with Gasteiger partial charge in [0.05, 0.1) is 6.10 Å². The van der Waals surface area contributed by atoms with Gasteiger partial charge in [0, 0.05) is 21.5 Å². The van der Waals surface area contributed by atoms with Gasteiger partial charge in [-0.05, 0) is 38.1 Å². The van der Waals surface area contributed by atoms with Crippen LogP contribution in [0.4, 0.5) is 10.1 Å². The number of nitrogen functional groups attached to an aromatic ring is 1. The van der Waals surface area contributed by atoms with E-state index in [0.29, 0.717) is 16.3 Å². The maximum atomic E-state index is 13.6. The molecule has 0 fully saturated rings. The lowest BCUT2D eigenvalue weighted by atomic mass is 10.3. The average molecular weight is 277 g/mol. The quantitative estimate of drug-likeness (QED) is 0.844. The number of hydrogen-bond acceptors (Lipinski definition) is 3. The zero-order valence-electron chi connectivity index (χ0n) is 10.9. The van der Waals surface area contributed by atoms with E-state index >= 15 is 0 Å². The Balaban J connectivity index is 2.25. The highest BCUT2D eigenvalue weighted by molar-refractivity contribution is 7.99. The van der Waals surface area contributed by atoms with Crippen molar-refractivity contribution >= 4 is 17.4 Å². The third-order valence-electron chi connectivity index (χ3n) is 2.34. The Kier molecular flexibility index (Phi) is 4.32. The van der Waals surface area contributed by atoms with E-state index in [4.69, 9.17) is 10.5 Å². The van der Waals surface area contributed by atoms with Gasteiger partial charge in [-0.1, -0.05) is 23.9 Å². The molecule has 100 valence electrons. The van der Waals surface area contributed by atoms with Crippen molar-refractivity contribution in [2.75, 3.05) is 5.73 Å². The van der Waals surface area contributed by atoms with E-state index in [1.54, 1.807) is 18.2 Å². The number of rotatable bonds is 4. The van der Waals surface area contributed by atoms with Crippen LogP contribution < -0.4 is 10.5 Å². The summed E-state index contributed by atoms with van der Waals surface area (Å²) in [6.45, 7) is 3.90. The molecule has 19 heavy (non-hydrogen) atoms. The molecule has 2 rings (SSSR count). The maximum absolute atomic E-state index is 13.6. The molecule has 2 N–H and O–H groups in total. The normalized spacial score (nSPS) is 10.7. The van der Waals surface area contributed by atoms with Crippen molar-refractivity contribution in [1.82, 2.24) is 0 Å². The molecule has 0 aliphatic carbocycles. The molecule has 2 nitrogen and oxygen atoms in total. The van der Waals surface area contributed by atoms with Gasteiger partial charge in [0.25, 0.3) is 0 Å². The van der Waals surface area contributed by atoms with E-state index in [1.165, 1.54) is 17.8 Å². The first kappa shape index (κ1) is 13.7. The van der Waals surface area contributed by atoms with E-state index in [2.05, 4.69) is 0 Å². The molecular formula is C15H16FNOS. The average Bonchev–Trinajstić information content (AvgIpc) is 2.30. The fourth-order valence-electron chi connectivity index (χ4n) is 1.65. The molecule has 0 aromatic heterocycles. The molecule has 0 saturated carbocycles. The van der Waals surface area contributed by atoms with Gasteiger partial charge in [-0.2, -0.15) is 0 Å². The predicted molar refractivity (Wildman–Crippen MR) is 77.1 cm³/mol. The van der Waals surface area contributed by atoms with Crippen LogP contribution in [0, 0.1) is 5.82 Å². The largest absolute Gasteiger partial charge is 0.491 e. The van der Waals surface area contributed by atoms with Crippen LogP contribution in [-0.4, -0.2) is 6.10 Å². The highest BCUT2D eigenvalue weighted by atomic mass is 32.2. The van der Waals surface area contributed by atoms with Crippen LogP contribution >= 0.6 is 11.8 Å². The number of ether oxygens (including phenoxy) is 1. The van der Waals surface area contributed by atoms with Gasteiger partial charge in [0.1, 0.15) is 11.6 Å². The van der Waals surface area contributed by atoms with Crippen LogP contribution in [0.3, 0.4) is 0 Å². The Hall–Kier alpha value is -1.68. The van der Waals surface area contributed by atoms with Crippen molar-refractivity contribution in [2.45, 2.75) is 29.7 Å². The van der Waals surface area contributed by atoms with Gasteiger partial charge >= 0.3 is 0 Å². The molecule has 0 spiro atoms. The van der Waals surface area contributed by atoms with Crippen molar-refractivity contribution in [3.05, 3.63) is 48.3 Å². The summed E-state index contributed by atoms with van der Waals surface area (Å²) in [6.07, 6.45) is 0.0770. The minimum Gasteiger partial charge on any atom is -0.491 e. The fraction of sp³-hybridized carbons (Fsp3) is 0.200. The minimum absolute atomic E-state index is 0.0770. The van der Waals surface area contributed by atoms with E-state index in [0.717, 1.165) is 4.90 Å². The van der Waals surface area contributed by atoms with Crippen LogP contribution in [0.15, 0.2) is 52.3 Å². The van der Waals surface area contributed by atoms with Crippen LogP contribution in [-0.2, 0) is 0 Å². The second kappa shape index (κ2) is 5.97. The van der Waals surface area contributed by atoms with Crippen LogP contribution in [0.5, 0.6) is 5.75 Å². The Morgan fingerprint density at radius 2 is 1.89 bits per heavy atom. The molecule has 0 atom stereocenters. The molecule has 0 aliphatic heterocycles. The van der Waals surface area contributed by atoms with Crippen molar-refractivity contribution in [1.29, 1.82) is 0 Å². The molecule has 0 radical (unpaired) electrons. The number of halogens is 1. The number of benzene rings is 2. The van der Waals surface area contributed by atoms with Gasteiger partial charge in [-0.15, -0.1) is 0 Å². The maximum Gasteiger partial charge on any atom is 0.137 e. The van der Waals surface area contributed by atoms with Gasteiger partial charge in [-0.25, -0.2) is 4.39 Å². The highest BCUT2D eigenvalue weighted by Gasteiger charge is 2.06. The summed E-state index contributed by atoms with van der Waals surface area (Å²) in [6, 6.07) is 12.1. The van der Waals surface area contributed by atoms with Crippen LogP contribution in [0.25, 0.3) is 0 Å². The molecule has 0 unspecified atom stereocenters. The fourth-order valence-corrected chi connectivity index (χ4v) is 2.58. The summed E-state index contributed by atoms with van der Waals surface area (Å²) < 4.78 is 19.2. The monoisotopic (exact) mass is 277 g/mol. The van der Waals surface area contributed by atoms with Crippen LogP contribution in [0.2, 0.25) is 0 Å².